The van der Waals surface area contributed by atoms with E-state index in [1.54, 1.807) is 0 Å². The fraction of sp³-hybridized carbons (Fsp3) is 0. The second-order valence-corrected chi connectivity index (χ2v) is 16.3. The van der Waals surface area contributed by atoms with Gasteiger partial charge in [0.1, 0.15) is 0 Å². The molecule has 62 heavy (non-hydrogen) atoms. The van der Waals surface area contributed by atoms with Gasteiger partial charge in [0.2, 0.25) is 0 Å². The molecule has 0 bridgehead atoms. The number of hydrogen-bond acceptors (Lipinski definition) is 3. The maximum Gasteiger partial charge on any atom is 0.0972 e. The van der Waals surface area contributed by atoms with E-state index in [9.17, 15) is 0 Å². The van der Waals surface area contributed by atoms with Crippen molar-refractivity contribution in [1.82, 2.24) is 15.0 Å². The highest BCUT2D eigenvalue weighted by molar-refractivity contribution is 6.27. The van der Waals surface area contributed by atoms with E-state index in [-0.39, 0.29) is 0 Å². The molecule has 0 atom stereocenters. The Morgan fingerprint density at radius 1 is 0.242 bits per heavy atom. The molecular formula is C59H35N3. The molecule has 0 radical (unpaired) electrons. The predicted octanol–water partition coefficient (Wildman–Crippen LogP) is 15.8. The van der Waals surface area contributed by atoms with Gasteiger partial charge in [-0.25, -0.2) is 15.0 Å². The minimum Gasteiger partial charge on any atom is -0.246 e. The van der Waals surface area contributed by atoms with Crippen LogP contribution >= 0.6 is 0 Å². The third-order valence-corrected chi connectivity index (χ3v) is 12.8. The molecule has 0 aliphatic heterocycles. The topological polar surface area (TPSA) is 38.7 Å². The molecule has 3 heterocycles. The van der Waals surface area contributed by atoms with Gasteiger partial charge >= 0.3 is 0 Å². The van der Waals surface area contributed by atoms with Crippen LogP contribution < -0.4 is 0 Å². The first kappa shape index (κ1) is 34.6. The molecule has 3 aromatic heterocycles. The van der Waals surface area contributed by atoms with Gasteiger partial charge < -0.3 is 0 Å². The number of hydrogen-bond donors (Lipinski definition) is 0. The Morgan fingerprint density at radius 3 is 1.48 bits per heavy atom. The second-order valence-electron chi connectivity index (χ2n) is 16.3. The lowest BCUT2D eigenvalue weighted by atomic mass is 9.90. The zero-order chi connectivity index (χ0) is 40.7. The molecule has 286 valence electrons. The van der Waals surface area contributed by atoms with Crippen molar-refractivity contribution in [3.63, 3.8) is 0 Å². The van der Waals surface area contributed by atoms with Gasteiger partial charge in [-0.1, -0.05) is 188 Å². The van der Waals surface area contributed by atoms with E-state index in [0.717, 1.165) is 83.0 Å². The Balaban J connectivity index is 1.03. The fourth-order valence-corrected chi connectivity index (χ4v) is 9.85. The number of rotatable bonds is 4. The molecule has 0 aliphatic rings. The van der Waals surface area contributed by atoms with Gasteiger partial charge in [-0.05, 0) is 72.9 Å². The van der Waals surface area contributed by atoms with Crippen molar-refractivity contribution < 1.29 is 0 Å². The monoisotopic (exact) mass is 785 g/mol. The van der Waals surface area contributed by atoms with E-state index in [1.165, 1.54) is 48.5 Å². The van der Waals surface area contributed by atoms with Crippen LogP contribution in [0.5, 0.6) is 0 Å². The molecule has 0 fully saturated rings. The molecule has 13 aromatic rings. The van der Waals surface area contributed by atoms with Crippen molar-refractivity contribution in [3.05, 3.63) is 212 Å². The Bertz CT molecular complexity index is 3950. The third kappa shape index (κ3) is 5.35. The average molecular weight is 786 g/mol. The van der Waals surface area contributed by atoms with Crippen LogP contribution in [0, 0.1) is 0 Å². The Hall–Kier alpha value is -8.27. The van der Waals surface area contributed by atoms with Gasteiger partial charge in [0.25, 0.3) is 0 Å². The summed E-state index contributed by atoms with van der Waals surface area (Å²) in [5, 5.41) is 15.6. The summed E-state index contributed by atoms with van der Waals surface area (Å²) in [5.74, 6) is 0. The molecule has 0 N–H and O–H groups in total. The summed E-state index contributed by atoms with van der Waals surface area (Å²) in [6.45, 7) is 0. The molecule has 0 spiro atoms. The molecule has 0 aliphatic carbocycles. The molecular weight excluding hydrogens is 751 g/mol. The summed E-state index contributed by atoms with van der Waals surface area (Å²) in [6.07, 6.45) is 0. The number of benzene rings is 10. The quantitative estimate of drug-likeness (QED) is 0.167. The lowest BCUT2D eigenvalue weighted by molar-refractivity contribution is 1.36. The van der Waals surface area contributed by atoms with Crippen molar-refractivity contribution in [3.8, 4) is 44.9 Å². The smallest absolute Gasteiger partial charge is 0.0972 e. The van der Waals surface area contributed by atoms with Gasteiger partial charge in [-0.2, -0.15) is 0 Å². The van der Waals surface area contributed by atoms with Gasteiger partial charge in [-0.15, -0.1) is 0 Å². The van der Waals surface area contributed by atoms with Crippen molar-refractivity contribution in [2.45, 2.75) is 0 Å². The normalized spacial score (nSPS) is 11.9. The average Bonchev–Trinajstić information content (AvgIpc) is 3.35. The summed E-state index contributed by atoms with van der Waals surface area (Å²) in [6, 6.07) is 76.2. The third-order valence-electron chi connectivity index (χ3n) is 12.8. The summed E-state index contributed by atoms with van der Waals surface area (Å²) < 4.78 is 0. The Kier molecular flexibility index (Phi) is 7.60. The van der Waals surface area contributed by atoms with Gasteiger partial charge in [0.05, 0.1) is 33.6 Å². The fourth-order valence-electron chi connectivity index (χ4n) is 9.85. The maximum absolute atomic E-state index is 5.68. The van der Waals surface area contributed by atoms with Crippen LogP contribution in [0.15, 0.2) is 212 Å². The van der Waals surface area contributed by atoms with E-state index >= 15 is 0 Å². The first-order valence-electron chi connectivity index (χ1n) is 21.2. The van der Waals surface area contributed by atoms with Crippen LogP contribution in [0.2, 0.25) is 0 Å². The number of aromatic nitrogens is 3. The van der Waals surface area contributed by atoms with Crippen LogP contribution in [0.1, 0.15) is 0 Å². The van der Waals surface area contributed by atoms with Crippen LogP contribution in [-0.2, 0) is 0 Å². The minimum atomic E-state index is 0.893. The maximum atomic E-state index is 5.68. The number of nitrogens with zero attached hydrogens (tertiary/aromatic N) is 3. The van der Waals surface area contributed by atoms with E-state index in [2.05, 4.69) is 206 Å². The first-order chi connectivity index (χ1) is 30.7. The van der Waals surface area contributed by atoms with E-state index in [4.69, 9.17) is 15.0 Å². The number of fused-ring (bicyclic) bond motifs is 14. The van der Waals surface area contributed by atoms with Crippen LogP contribution in [0.3, 0.4) is 0 Å². The van der Waals surface area contributed by atoms with Crippen LogP contribution in [0.4, 0.5) is 0 Å². The summed E-state index contributed by atoms with van der Waals surface area (Å²) in [7, 11) is 0. The van der Waals surface area contributed by atoms with E-state index in [0.29, 0.717) is 0 Å². The molecule has 0 unspecified atom stereocenters. The van der Waals surface area contributed by atoms with E-state index < -0.39 is 0 Å². The number of pyridine rings is 3. The summed E-state index contributed by atoms with van der Waals surface area (Å²) >= 11 is 0. The molecule has 0 saturated carbocycles. The van der Waals surface area contributed by atoms with Crippen LogP contribution in [0.25, 0.3) is 131 Å². The van der Waals surface area contributed by atoms with E-state index in [1.807, 2.05) is 6.07 Å². The lowest BCUT2D eigenvalue weighted by Crippen LogP contribution is -1.94. The molecule has 0 saturated heterocycles. The van der Waals surface area contributed by atoms with Gasteiger partial charge in [-0.3, -0.25) is 0 Å². The lowest BCUT2D eigenvalue weighted by Gasteiger charge is -2.16. The largest absolute Gasteiger partial charge is 0.246 e. The number of para-hydroxylation sites is 1. The van der Waals surface area contributed by atoms with Gasteiger partial charge in [0.15, 0.2) is 0 Å². The molecule has 3 nitrogen and oxygen atoms in total. The predicted molar refractivity (Wildman–Crippen MR) is 262 cm³/mol. The first-order valence-corrected chi connectivity index (χ1v) is 21.2. The summed E-state index contributed by atoms with van der Waals surface area (Å²) in [4.78, 5) is 16.2. The van der Waals surface area contributed by atoms with Gasteiger partial charge in [0, 0.05) is 49.2 Å². The highest BCUT2D eigenvalue weighted by atomic mass is 14.8. The molecule has 3 heteroatoms. The standard InChI is InChI=1S/C59H35N3/c1-2-13-37(14-3-1)53-32-28-38-24-25-39-29-33-54(61-58(39)57(38)60-53)41-15-10-16-42(34-41)56-51-31-26-36-12-4-5-17-43(36)55(51)50-23-11-22-44(59(50)62-56)40-27-30-49-47-20-7-6-18-45(47)46-19-8-9-21-48(46)52(49)35-40/h1-35H. The minimum absolute atomic E-state index is 0.893. The van der Waals surface area contributed by atoms with Crippen LogP contribution in [-0.4, -0.2) is 15.0 Å². The van der Waals surface area contributed by atoms with Crippen molar-refractivity contribution in [2.24, 2.45) is 0 Å². The SMILES string of the molecule is c1ccc(-c2ccc3ccc4ccc(-c5cccc(-c6nc7c(-c8ccc9c%10ccccc%10c%10ccccc%10c9c8)cccc7c7c6ccc6ccccc67)c5)nc4c3n2)cc1. The van der Waals surface area contributed by atoms with Crippen molar-refractivity contribution in [1.29, 1.82) is 0 Å². The summed E-state index contributed by atoms with van der Waals surface area (Å²) in [5.41, 5.74) is 11.0. The van der Waals surface area contributed by atoms with Crippen molar-refractivity contribution in [2.75, 3.05) is 0 Å². The molecule has 13 rings (SSSR count). The zero-order valence-electron chi connectivity index (χ0n) is 33.5. The Labute approximate surface area is 357 Å². The Morgan fingerprint density at radius 2 is 0.758 bits per heavy atom. The molecule has 10 aromatic carbocycles. The highest BCUT2D eigenvalue weighted by Gasteiger charge is 2.18. The highest BCUT2D eigenvalue weighted by Crippen LogP contribution is 2.43. The zero-order valence-corrected chi connectivity index (χ0v) is 33.5. The second kappa shape index (κ2) is 13.6. The molecule has 0 amide bonds. The van der Waals surface area contributed by atoms with Crippen molar-refractivity contribution >= 4 is 86.6 Å².